The van der Waals surface area contributed by atoms with E-state index in [0.717, 1.165) is 24.3 Å². The van der Waals surface area contributed by atoms with Crippen molar-refractivity contribution in [3.05, 3.63) is 23.2 Å². The van der Waals surface area contributed by atoms with Crippen molar-refractivity contribution in [3.63, 3.8) is 0 Å². The molecule has 3 N–H and O–H groups in total. The van der Waals surface area contributed by atoms with Gasteiger partial charge in [0.05, 0.1) is 11.1 Å². The van der Waals surface area contributed by atoms with Gasteiger partial charge in [0.15, 0.2) is 10.8 Å². The van der Waals surface area contributed by atoms with Gasteiger partial charge in [0.1, 0.15) is 10.7 Å². The highest BCUT2D eigenvalue weighted by Crippen LogP contribution is 2.32. The second-order valence-electron chi connectivity index (χ2n) is 6.38. The monoisotopic (exact) mass is 387 g/mol. The Morgan fingerprint density at radius 2 is 2.04 bits per heavy atom. The van der Waals surface area contributed by atoms with Gasteiger partial charge in [0.2, 0.25) is 5.95 Å². The number of nitrogens with one attached hydrogen (secondary N) is 1. The molecule has 0 saturated carbocycles. The Morgan fingerprint density at radius 3 is 2.74 bits per heavy atom. The third kappa shape index (κ3) is 3.39. The zero-order valence-corrected chi connectivity index (χ0v) is 15.5. The summed E-state index contributed by atoms with van der Waals surface area (Å²) < 4.78 is 14.5. The number of hydrogen-bond donors (Lipinski definition) is 2. The first kappa shape index (κ1) is 17.5. The molecule has 27 heavy (non-hydrogen) atoms. The average molecular weight is 387 g/mol. The largest absolute Gasteiger partial charge is 0.395 e. The van der Waals surface area contributed by atoms with Crippen LogP contribution in [-0.4, -0.2) is 44.2 Å². The van der Waals surface area contributed by atoms with Crippen LogP contribution in [0.2, 0.25) is 0 Å². The van der Waals surface area contributed by atoms with Gasteiger partial charge in [-0.25, -0.2) is 4.79 Å². The molecule has 1 aliphatic heterocycles. The predicted octanol–water partition coefficient (Wildman–Crippen LogP) is 3.20. The van der Waals surface area contributed by atoms with E-state index in [1.165, 1.54) is 17.5 Å². The number of aromatic nitrogens is 4. The molecule has 0 spiro atoms. The highest BCUT2D eigenvalue weighted by Gasteiger charge is 2.20. The van der Waals surface area contributed by atoms with Crippen LogP contribution in [-0.2, 0) is 0 Å². The van der Waals surface area contributed by atoms with E-state index < -0.39 is 5.95 Å². The second kappa shape index (κ2) is 7.03. The number of rotatable bonds is 2. The smallest absolute Gasteiger partial charge is 0.323 e. The molecule has 1 fully saturated rings. The van der Waals surface area contributed by atoms with Crippen molar-refractivity contribution in [2.75, 3.05) is 24.1 Å². The number of nitrogens with two attached hydrogens (primary N) is 1. The van der Waals surface area contributed by atoms with Gasteiger partial charge in [0, 0.05) is 24.7 Å². The molecule has 4 heterocycles. The quantitative estimate of drug-likeness (QED) is 0.654. The number of aryl methyl sites for hydroxylation is 1. The van der Waals surface area contributed by atoms with Crippen molar-refractivity contribution in [2.45, 2.75) is 26.2 Å². The van der Waals surface area contributed by atoms with E-state index in [2.05, 4.69) is 25.5 Å². The van der Waals surface area contributed by atoms with E-state index in [4.69, 9.17) is 5.73 Å². The van der Waals surface area contributed by atoms with Crippen LogP contribution in [0.5, 0.6) is 0 Å². The summed E-state index contributed by atoms with van der Waals surface area (Å²) in [6, 6.07) is 1.33. The Bertz CT molecular complexity index is 1020. The molecule has 4 rings (SSSR count). The number of carbonyl (C=O) groups excluding carboxylic acids is 1. The van der Waals surface area contributed by atoms with Gasteiger partial charge in [-0.15, -0.1) is 10.2 Å². The minimum Gasteiger partial charge on any atom is -0.395 e. The maximum absolute atomic E-state index is 14.5. The normalized spacial score (nSPS) is 14.5. The predicted molar refractivity (Wildman–Crippen MR) is 102 cm³/mol. The summed E-state index contributed by atoms with van der Waals surface area (Å²) in [7, 11) is 0. The van der Waals surface area contributed by atoms with Gasteiger partial charge in [-0.1, -0.05) is 11.3 Å². The number of carbonyl (C=O) groups is 1. The first-order valence-electron chi connectivity index (χ1n) is 8.64. The number of urea groups is 1. The number of likely N-dealkylation sites (tertiary alicyclic amines) is 1. The number of nitrogens with zero attached hydrogens (tertiary/aromatic N) is 5. The van der Waals surface area contributed by atoms with E-state index in [1.54, 1.807) is 11.0 Å². The molecular weight excluding hydrogens is 369 g/mol. The van der Waals surface area contributed by atoms with Crippen LogP contribution in [0.1, 0.15) is 24.3 Å². The van der Waals surface area contributed by atoms with E-state index >= 15 is 0 Å². The highest BCUT2D eigenvalue weighted by atomic mass is 32.1. The molecule has 0 aliphatic carbocycles. The van der Waals surface area contributed by atoms with Crippen molar-refractivity contribution in [1.29, 1.82) is 0 Å². The summed E-state index contributed by atoms with van der Waals surface area (Å²) in [4.78, 5) is 22.2. The van der Waals surface area contributed by atoms with Crippen molar-refractivity contribution in [2.24, 2.45) is 0 Å². The minimum atomic E-state index is -0.736. The van der Waals surface area contributed by atoms with Crippen molar-refractivity contribution in [1.82, 2.24) is 25.1 Å². The summed E-state index contributed by atoms with van der Waals surface area (Å²) in [5.74, 6) is -0.721. The number of nitrogen functional groups attached to an aromatic ring is 1. The average Bonchev–Trinajstić information content (AvgIpc) is 3.12. The van der Waals surface area contributed by atoms with Crippen molar-refractivity contribution in [3.8, 4) is 10.7 Å². The standard InChI is InChI=1S/C17H18FN7OS/c1-9-23-24-16(27-9)12-7-10-11(8-20-12)14(18)21-15(13(10)19)22-17(26)25-5-3-2-4-6-25/h7-8H,2-6,19H2,1H3,(H,21,22,26). The molecule has 10 heteroatoms. The Kier molecular flexibility index (Phi) is 4.56. The van der Waals surface area contributed by atoms with Crippen LogP contribution in [0.3, 0.4) is 0 Å². The SMILES string of the molecule is Cc1nnc(-c2cc3c(N)c(NC(=O)N4CCCCC4)nc(F)c3cn2)s1. The molecule has 2 amide bonds. The summed E-state index contributed by atoms with van der Waals surface area (Å²) >= 11 is 1.38. The van der Waals surface area contributed by atoms with Crippen LogP contribution in [0.4, 0.5) is 20.7 Å². The lowest BCUT2D eigenvalue weighted by atomic mass is 10.1. The lowest BCUT2D eigenvalue weighted by molar-refractivity contribution is 0.200. The molecule has 3 aromatic heterocycles. The third-order valence-corrected chi connectivity index (χ3v) is 5.36. The summed E-state index contributed by atoms with van der Waals surface area (Å²) in [5, 5.41) is 12.7. The van der Waals surface area contributed by atoms with Gasteiger partial charge in [0.25, 0.3) is 0 Å². The van der Waals surface area contributed by atoms with E-state index in [9.17, 15) is 9.18 Å². The number of piperidine rings is 1. The second-order valence-corrected chi connectivity index (χ2v) is 7.57. The number of hydrogen-bond acceptors (Lipinski definition) is 7. The molecule has 0 atom stereocenters. The maximum atomic E-state index is 14.5. The maximum Gasteiger partial charge on any atom is 0.323 e. The molecule has 0 bridgehead atoms. The Morgan fingerprint density at radius 1 is 1.26 bits per heavy atom. The van der Waals surface area contributed by atoms with E-state index in [0.29, 0.717) is 29.2 Å². The van der Waals surface area contributed by atoms with Crippen LogP contribution in [0, 0.1) is 12.9 Å². The lowest BCUT2D eigenvalue weighted by Crippen LogP contribution is -2.39. The molecular formula is C17H18FN7OS. The number of halogens is 1. The topological polar surface area (TPSA) is 110 Å². The van der Waals surface area contributed by atoms with Crippen LogP contribution in [0.25, 0.3) is 21.5 Å². The van der Waals surface area contributed by atoms with Gasteiger partial charge in [-0.05, 0) is 32.3 Å². The lowest BCUT2D eigenvalue weighted by Gasteiger charge is -2.26. The molecule has 0 radical (unpaired) electrons. The number of anilines is 2. The molecule has 0 aromatic carbocycles. The summed E-state index contributed by atoms with van der Waals surface area (Å²) in [6.45, 7) is 3.19. The Balaban J connectivity index is 1.71. The van der Waals surface area contributed by atoms with Crippen LogP contribution >= 0.6 is 11.3 Å². The van der Waals surface area contributed by atoms with Gasteiger partial charge in [-0.3, -0.25) is 10.3 Å². The van der Waals surface area contributed by atoms with E-state index in [-0.39, 0.29) is 22.9 Å². The van der Waals surface area contributed by atoms with Crippen LogP contribution in [0.15, 0.2) is 12.3 Å². The minimum absolute atomic E-state index is 0.0150. The Hall–Kier alpha value is -2.88. The van der Waals surface area contributed by atoms with Gasteiger partial charge < -0.3 is 10.6 Å². The highest BCUT2D eigenvalue weighted by molar-refractivity contribution is 7.14. The zero-order chi connectivity index (χ0) is 19.0. The van der Waals surface area contributed by atoms with Gasteiger partial charge in [-0.2, -0.15) is 9.37 Å². The van der Waals surface area contributed by atoms with E-state index in [1.807, 2.05) is 6.92 Å². The molecule has 1 aliphatic rings. The first-order valence-corrected chi connectivity index (χ1v) is 9.45. The molecule has 8 nitrogen and oxygen atoms in total. The molecule has 140 valence electrons. The zero-order valence-electron chi connectivity index (χ0n) is 14.7. The van der Waals surface area contributed by atoms with Crippen molar-refractivity contribution >= 4 is 39.6 Å². The molecule has 0 unspecified atom stereocenters. The summed E-state index contributed by atoms with van der Waals surface area (Å²) in [6.07, 6.45) is 4.39. The fourth-order valence-corrected chi connectivity index (χ4v) is 3.74. The molecule has 3 aromatic rings. The fourth-order valence-electron chi connectivity index (χ4n) is 3.08. The number of fused-ring (bicyclic) bond motifs is 1. The summed E-state index contributed by atoms with van der Waals surface area (Å²) in [5.41, 5.74) is 6.93. The molecule has 1 saturated heterocycles. The Labute approximate surface area is 158 Å². The number of amides is 2. The third-order valence-electron chi connectivity index (χ3n) is 4.50. The van der Waals surface area contributed by atoms with Crippen LogP contribution < -0.4 is 11.1 Å². The van der Waals surface area contributed by atoms with Gasteiger partial charge >= 0.3 is 6.03 Å². The van der Waals surface area contributed by atoms with Crippen molar-refractivity contribution < 1.29 is 9.18 Å². The first-order chi connectivity index (χ1) is 13.0. The fraction of sp³-hybridized carbons (Fsp3) is 0.353. The number of pyridine rings is 2.